The van der Waals surface area contributed by atoms with Crippen molar-refractivity contribution in [2.75, 3.05) is 13.2 Å². The Kier molecular flexibility index (Phi) is 8.33. The van der Waals surface area contributed by atoms with Gasteiger partial charge in [0.1, 0.15) is 17.7 Å². The first kappa shape index (κ1) is 28.3. The molecule has 1 aliphatic heterocycles. The van der Waals surface area contributed by atoms with Crippen molar-refractivity contribution in [3.05, 3.63) is 126 Å². The Hall–Kier alpha value is -4.27. The molecule has 8 nitrogen and oxygen atoms in total. The summed E-state index contributed by atoms with van der Waals surface area (Å²) < 4.78 is 13.5. The number of ether oxygens (including phenoxy) is 2. The number of nitrogens with one attached hydrogen (secondary N) is 2. The van der Waals surface area contributed by atoms with E-state index >= 15 is 0 Å². The van der Waals surface area contributed by atoms with E-state index in [1.54, 1.807) is 6.33 Å². The van der Waals surface area contributed by atoms with Gasteiger partial charge in [0.2, 0.25) is 11.8 Å². The fraction of sp³-hybridized carbons (Fsp3) is 0.303. The molecule has 2 N–H and O–H groups in total. The fourth-order valence-electron chi connectivity index (χ4n) is 5.50. The van der Waals surface area contributed by atoms with Crippen molar-refractivity contribution in [1.82, 2.24) is 20.2 Å². The maximum absolute atomic E-state index is 13.2. The highest BCUT2D eigenvalue weighted by atomic mass is 16.7. The summed E-state index contributed by atoms with van der Waals surface area (Å²) in [4.78, 5) is 30.0. The number of aromatic nitrogens is 2. The minimum Gasteiger partial charge on any atom is -0.352 e. The first-order valence-electron chi connectivity index (χ1n) is 13.8. The summed E-state index contributed by atoms with van der Waals surface area (Å²) in [6, 6.07) is 30.1. The highest BCUT2D eigenvalue weighted by molar-refractivity contribution is 5.87. The molecule has 4 aromatic rings. The molecule has 8 heteroatoms. The average molecular weight is 553 g/mol. The number of carbonyl (C=O) groups excluding carboxylic acids is 2. The van der Waals surface area contributed by atoms with Gasteiger partial charge in [-0.1, -0.05) is 91.0 Å². The average Bonchev–Trinajstić information content (AvgIpc) is 3.59. The minimum absolute atomic E-state index is 0.223. The largest absolute Gasteiger partial charge is 0.352 e. The lowest BCUT2D eigenvalue weighted by molar-refractivity contribution is -0.139. The third kappa shape index (κ3) is 6.24. The number of imidazole rings is 1. The third-order valence-electron chi connectivity index (χ3n) is 7.28. The van der Waals surface area contributed by atoms with Gasteiger partial charge < -0.3 is 24.7 Å². The summed E-state index contributed by atoms with van der Waals surface area (Å²) in [6.07, 6.45) is 3.73. The molecule has 1 unspecified atom stereocenters. The quantitative estimate of drug-likeness (QED) is 0.290. The van der Waals surface area contributed by atoms with Crippen LogP contribution in [-0.4, -0.2) is 52.4 Å². The van der Waals surface area contributed by atoms with Crippen LogP contribution in [0.2, 0.25) is 0 Å². The van der Waals surface area contributed by atoms with Gasteiger partial charge >= 0.3 is 0 Å². The SMILES string of the molecule is CC(=O)N[C@@H](Cc1cn(C(c2ccccc2)(c2ccccc2)c2ccccc2)cn1)C(=O)NCC1COC(C)(C)O1. The first-order chi connectivity index (χ1) is 19.8. The van der Waals surface area contributed by atoms with Crippen molar-refractivity contribution in [3.8, 4) is 0 Å². The lowest BCUT2D eigenvalue weighted by Gasteiger charge is -2.37. The summed E-state index contributed by atoms with van der Waals surface area (Å²) in [7, 11) is 0. The Morgan fingerprint density at radius 3 is 1.95 bits per heavy atom. The van der Waals surface area contributed by atoms with Crippen LogP contribution >= 0.6 is 0 Å². The molecular formula is C33H36N4O4. The van der Waals surface area contributed by atoms with Gasteiger partial charge in [-0.3, -0.25) is 9.59 Å². The van der Waals surface area contributed by atoms with Crippen molar-refractivity contribution in [3.63, 3.8) is 0 Å². The molecule has 212 valence electrons. The van der Waals surface area contributed by atoms with Crippen LogP contribution in [0.5, 0.6) is 0 Å². The maximum atomic E-state index is 13.2. The van der Waals surface area contributed by atoms with E-state index in [0.717, 1.165) is 16.7 Å². The number of hydrogen-bond acceptors (Lipinski definition) is 5. The molecule has 1 saturated heterocycles. The molecule has 0 bridgehead atoms. The van der Waals surface area contributed by atoms with E-state index in [2.05, 4.69) is 51.6 Å². The van der Waals surface area contributed by atoms with Gasteiger partial charge in [-0.2, -0.15) is 0 Å². The number of nitrogens with zero attached hydrogens (tertiary/aromatic N) is 2. The van der Waals surface area contributed by atoms with Crippen molar-refractivity contribution < 1.29 is 19.1 Å². The number of rotatable bonds is 10. The highest BCUT2D eigenvalue weighted by Gasteiger charge is 2.39. The molecule has 2 amide bonds. The summed E-state index contributed by atoms with van der Waals surface area (Å²) in [5, 5.41) is 5.70. The first-order valence-corrected chi connectivity index (χ1v) is 13.8. The van der Waals surface area contributed by atoms with Crippen LogP contribution < -0.4 is 10.6 Å². The smallest absolute Gasteiger partial charge is 0.243 e. The Balaban J connectivity index is 1.48. The number of amides is 2. The normalized spacial score (nSPS) is 17.1. The predicted molar refractivity (Wildman–Crippen MR) is 156 cm³/mol. The second-order valence-electron chi connectivity index (χ2n) is 10.7. The molecule has 0 spiro atoms. The van der Waals surface area contributed by atoms with Gasteiger partial charge in [0.15, 0.2) is 5.79 Å². The molecule has 41 heavy (non-hydrogen) atoms. The number of benzene rings is 3. The molecule has 0 radical (unpaired) electrons. The lowest BCUT2D eigenvalue weighted by atomic mass is 9.77. The van der Waals surface area contributed by atoms with E-state index in [0.29, 0.717) is 12.3 Å². The molecular weight excluding hydrogens is 516 g/mol. The van der Waals surface area contributed by atoms with Crippen LogP contribution in [0.25, 0.3) is 0 Å². The zero-order valence-corrected chi connectivity index (χ0v) is 23.6. The molecule has 3 aromatic carbocycles. The van der Waals surface area contributed by atoms with Gasteiger partial charge in [-0.25, -0.2) is 4.98 Å². The lowest BCUT2D eigenvalue weighted by Crippen LogP contribution is -2.49. The Labute approximate surface area is 240 Å². The van der Waals surface area contributed by atoms with Crippen LogP contribution in [0.1, 0.15) is 43.2 Å². The minimum atomic E-state index is -0.800. The van der Waals surface area contributed by atoms with Crippen LogP contribution in [0.3, 0.4) is 0 Å². The zero-order chi connectivity index (χ0) is 28.9. The van der Waals surface area contributed by atoms with Gasteiger partial charge in [0.25, 0.3) is 0 Å². The Bertz CT molecular complexity index is 1360. The van der Waals surface area contributed by atoms with E-state index in [4.69, 9.17) is 14.5 Å². The molecule has 1 aromatic heterocycles. The summed E-state index contributed by atoms with van der Waals surface area (Å²) in [6.45, 7) is 5.76. The highest BCUT2D eigenvalue weighted by Crippen LogP contribution is 2.40. The van der Waals surface area contributed by atoms with E-state index in [1.807, 2.05) is 74.6 Å². The van der Waals surface area contributed by atoms with Gasteiger partial charge in [0.05, 0.1) is 18.6 Å². The van der Waals surface area contributed by atoms with Crippen LogP contribution in [-0.2, 0) is 31.0 Å². The standard InChI is InChI=1S/C33H36N4O4/c1-24(38)36-30(31(39)34-20-29-22-40-32(2,3)41-29)19-28-21-37(23-35-28)33(25-13-7-4-8-14-25,26-15-9-5-10-16-26)27-17-11-6-12-18-27/h4-18,21,23,29-30H,19-20,22H2,1-3H3,(H,34,39)(H,36,38)/t29?,30-/m0/s1. The van der Waals surface area contributed by atoms with Crippen LogP contribution in [0, 0.1) is 0 Å². The Morgan fingerprint density at radius 2 is 1.49 bits per heavy atom. The number of carbonyl (C=O) groups is 2. The van der Waals surface area contributed by atoms with Crippen molar-refractivity contribution >= 4 is 11.8 Å². The summed E-state index contributed by atoms with van der Waals surface area (Å²) in [5.74, 6) is -1.27. The topological polar surface area (TPSA) is 94.5 Å². The monoisotopic (exact) mass is 552 g/mol. The predicted octanol–water partition coefficient (Wildman–Crippen LogP) is 4.04. The van der Waals surface area contributed by atoms with Crippen molar-refractivity contribution in [1.29, 1.82) is 0 Å². The van der Waals surface area contributed by atoms with E-state index in [-0.39, 0.29) is 30.9 Å². The maximum Gasteiger partial charge on any atom is 0.243 e. The van der Waals surface area contributed by atoms with E-state index in [1.165, 1.54) is 6.92 Å². The number of hydrogen-bond donors (Lipinski definition) is 2. The molecule has 5 rings (SSSR count). The molecule has 0 saturated carbocycles. The van der Waals surface area contributed by atoms with E-state index in [9.17, 15) is 9.59 Å². The molecule has 2 heterocycles. The van der Waals surface area contributed by atoms with Crippen molar-refractivity contribution in [2.45, 2.75) is 50.7 Å². The van der Waals surface area contributed by atoms with Crippen LogP contribution in [0.4, 0.5) is 0 Å². The zero-order valence-electron chi connectivity index (χ0n) is 23.6. The second kappa shape index (κ2) is 12.1. The fourth-order valence-corrected chi connectivity index (χ4v) is 5.50. The Morgan fingerprint density at radius 1 is 0.951 bits per heavy atom. The molecule has 1 fully saturated rings. The van der Waals surface area contributed by atoms with Crippen molar-refractivity contribution in [2.24, 2.45) is 0 Å². The van der Waals surface area contributed by atoms with Gasteiger partial charge in [-0.15, -0.1) is 0 Å². The summed E-state index contributed by atoms with van der Waals surface area (Å²) in [5.41, 5.74) is 3.17. The van der Waals surface area contributed by atoms with Gasteiger partial charge in [0, 0.05) is 26.1 Å². The van der Waals surface area contributed by atoms with E-state index < -0.39 is 17.4 Å². The van der Waals surface area contributed by atoms with Crippen LogP contribution in [0.15, 0.2) is 104 Å². The molecule has 0 aliphatic carbocycles. The third-order valence-corrected chi connectivity index (χ3v) is 7.28. The second-order valence-corrected chi connectivity index (χ2v) is 10.7. The molecule has 2 atom stereocenters. The summed E-state index contributed by atoms with van der Waals surface area (Å²) >= 11 is 0. The van der Waals surface area contributed by atoms with Gasteiger partial charge in [-0.05, 0) is 30.5 Å². The molecule has 1 aliphatic rings.